The predicted molar refractivity (Wildman–Crippen MR) is 108 cm³/mol. The SMILES string of the molecule is Cc1ccc(NC(=O)CSc2nnc(-c3cc4ccccc4[nH]3)n2N)cc1. The zero-order valence-electron chi connectivity index (χ0n) is 14.6. The fourth-order valence-corrected chi connectivity index (χ4v) is 3.37. The van der Waals surface area contributed by atoms with Crippen molar-refractivity contribution in [1.82, 2.24) is 19.9 Å². The van der Waals surface area contributed by atoms with Crippen molar-refractivity contribution in [1.29, 1.82) is 0 Å². The molecule has 136 valence electrons. The topological polar surface area (TPSA) is 102 Å². The number of anilines is 1. The molecule has 4 aromatic rings. The molecule has 0 saturated carbocycles. The highest BCUT2D eigenvalue weighted by atomic mass is 32.2. The molecule has 0 aliphatic carbocycles. The first kappa shape index (κ1) is 17.2. The largest absolute Gasteiger partial charge is 0.352 e. The average molecular weight is 378 g/mol. The number of carbonyl (C=O) groups excluding carboxylic acids is 1. The summed E-state index contributed by atoms with van der Waals surface area (Å²) in [7, 11) is 0. The van der Waals surface area contributed by atoms with Gasteiger partial charge in [-0.1, -0.05) is 47.7 Å². The van der Waals surface area contributed by atoms with Crippen molar-refractivity contribution in [3.8, 4) is 11.5 Å². The Morgan fingerprint density at radius 2 is 1.96 bits per heavy atom. The van der Waals surface area contributed by atoms with Gasteiger partial charge in [-0.2, -0.15) is 0 Å². The van der Waals surface area contributed by atoms with Crippen molar-refractivity contribution in [2.24, 2.45) is 0 Å². The Hall–Kier alpha value is -3.26. The minimum atomic E-state index is -0.126. The molecule has 7 nitrogen and oxygen atoms in total. The van der Waals surface area contributed by atoms with Crippen LogP contribution in [0.25, 0.3) is 22.4 Å². The number of nitrogens with one attached hydrogen (secondary N) is 2. The number of nitrogen functional groups attached to an aromatic ring is 1. The Morgan fingerprint density at radius 3 is 2.74 bits per heavy atom. The molecule has 0 saturated heterocycles. The summed E-state index contributed by atoms with van der Waals surface area (Å²) < 4.78 is 1.40. The maximum Gasteiger partial charge on any atom is 0.234 e. The highest BCUT2D eigenvalue weighted by Gasteiger charge is 2.15. The van der Waals surface area contributed by atoms with Gasteiger partial charge in [-0.15, -0.1) is 10.2 Å². The summed E-state index contributed by atoms with van der Waals surface area (Å²) in [6, 6.07) is 17.6. The van der Waals surface area contributed by atoms with Crippen LogP contribution >= 0.6 is 11.8 Å². The van der Waals surface area contributed by atoms with Gasteiger partial charge in [-0.3, -0.25) is 4.79 Å². The Kier molecular flexibility index (Phi) is 4.55. The second-order valence-electron chi connectivity index (χ2n) is 6.15. The van der Waals surface area contributed by atoms with E-state index in [0.29, 0.717) is 11.0 Å². The third-order valence-electron chi connectivity index (χ3n) is 4.10. The number of benzene rings is 2. The van der Waals surface area contributed by atoms with Gasteiger partial charge in [-0.25, -0.2) is 4.68 Å². The van der Waals surface area contributed by atoms with Gasteiger partial charge in [0.05, 0.1) is 11.4 Å². The number of thioether (sulfide) groups is 1. The number of nitrogens with zero attached hydrogens (tertiary/aromatic N) is 3. The van der Waals surface area contributed by atoms with Crippen molar-refractivity contribution in [2.45, 2.75) is 12.1 Å². The standard InChI is InChI=1S/C19H18N6OS/c1-12-6-8-14(9-7-12)21-17(26)11-27-19-24-23-18(25(19)20)16-10-13-4-2-3-5-15(13)22-16/h2-10,22H,11,20H2,1H3,(H,21,26). The molecule has 0 aliphatic rings. The first-order valence-corrected chi connectivity index (χ1v) is 9.36. The van der Waals surface area contributed by atoms with Crippen LogP contribution in [-0.2, 0) is 4.79 Å². The molecule has 2 aromatic heterocycles. The molecule has 0 atom stereocenters. The fraction of sp³-hybridized carbons (Fsp3) is 0.105. The van der Waals surface area contributed by atoms with E-state index in [1.165, 1.54) is 16.4 Å². The number of para-hydroxylation sites is 1. The fourth-order valence-electron chi connectivity index (χ4n) is 2.72. The van der Waals surface area contributed by atoms with E-state index < -0.39 is 0 Å². The maximum absolute atomic E-state index is 12.1. The molecule has 0 fully saturated rings. The van der Waals surface area contributed by atoms with Crippen LogP contribution in [0, 0.1) is 6.92 Å². The highest BCUT2D eigenvalue weighted by molar-refractivity contribution is 7.99. The van der Waals surface area contributed by atoms with E-state index in [1.54, 1.807) is 0 Å². The van der Waals surface area contributed by atoms with E-state index in [4.69, 9.17) is 5.84 Å². The quantitative estimate of drug-likeness (QED) is 0.366. The molecule has 8 heteroatoms. The molecule has 2 heterocycles. The zero-order valence-corrected chi connectivity index (χ0v) is 15.5. The Labute approximate surface area is 160 Å². The highest BCUT2D eigenvalue weighted by Crippen LogP contribution is 2.24. The summed E-state index contributed by atoms with van der Waals surface area (Å²) >= 11 is 1.24. The number of rotatable bonds is 5. The number of fused-ring (bicyclic) bond motifs is 1. The lowest BCUT2D eigenvalue weighted by Gasteiger charge is -2.05. The molecule has 27 heavy (non-hydrogen) atoms. The van der Waals surface area contributed by atoms with Crippen LogP contribution < -0.4 is 11.2 Å². The van der Waals surface area contributed by atoms with Crippen LogP contribution in [0.5, 0.6) is 0 Å². The van der Waals surface area contributed by atoms with E-state index in [1.807, 2.05) is 61.5 Å². The minimum Gasteiger partial charge on any atom is -0.352 e. The third-order valence-corrected chi connectivity index (χ3v) is 5.05. The predicted octanol–water partition coefficient (Wildman–Crippen LogP) is 3.18. The lowest BCUT2D eigenvalue weighted by atomic mass is 10.2. The molecule has 4 N–H and O–H groups in total. The Bertz CT molecular complexity index is 1070. The summed E-state index contributed by atoms with van der Waals surface area (Å²) in [6.07, 6.45) is 0. The summed E-state index contributed by atoms with van der Waals surface area (Å²) in [6.45, 7) is 2.00. The zero-order chi connectivity index (χ0) is 18.8. The molecule has 0 unspecified atom stereocenters. The Morgan fingerprint density at radius 1 is 1.19 bits per heavy atom. The lowest BCUT2D eigenvalue weighted by molar-refractivity contribution is -0.113. The van der Waals surface area contributed by atoms with Gasteiger partial charge in [0.2, 0.25) is 11.1 Å². The van der Waals surface area contributed by atoms with E-state index in [2.05, 4.69) is 20.5 Å². The second-order valence-corrected chi connectivity index (χ2v) is 7.09. The molecular formula is C19H18N6OS. The van der Waals surface area contributed by atoms with Crippen molar-refractivity contribution in [3.63, 3.8) is 0 Å². The number of amides is 1. The average Bonchev–Trinajstić information content (AvgIpc) is 3.25. The molecule has 0 radical (unpaired) electrons. The van der Waals surface area contributed by atoms with Gasteiger partial charge < -0.3 is 16.1 Å². The summed E-state index contributed by atoms with van der Waals surface area (Å²) in [5.74, 6) is 6.72. The minimum absolute atomic E-state index is 0.126. The molecule has 2 aromatic carbocycles. The monoisotopic (exact) mass is 378 g/mol. The van der Waals surface area contributed by atoms with Gasteiger partial charge in [-0.05, 0) is 31.2 Å². The smallest absolute Gasteiger partial charge is 0.234 e. The van der Waals surface area contributed by atoms with Crippen molar-refractivity contribution in [3.05, 3.63) is 60.2 Å². The van der Waals surface area contributed by atoms with E-state index in [-0.39, 0.29) is 11.7 Å². The third kappa shape index (κ3) is 3.65. The van der Waals surface area contributed by atoms with Crippen LogP contribution in [0.3, 0.4) is 0 Å². The van der Waals surface area contributed by atoms with E-state index >= 15 is 0 Å². The first-order chi connectivity index (χ1) is 13.1. The van der Waals surface area contributed by atoms with E-state index in [0.717, 1.165) is 27.8 Å². The number of hydrogen-bond acceptors (Lipinski definition) is 5. The molecule has 0 spiro atoms. The Balaban J connectivity index is 1.44. The number of aryl methyl sites for hydroxylation is 1. The van der Waals surface area contributed by atoms with Crippen molar-refractivity contribution >= 4 is 34.3 Å². The van der Waals surface area contributed by atoms with Crippen molar-refractivity contribution < 1.29 is 4.79 Å². The number of aromatic amines is 1. The van der Waals surface area contributed by atoms with Crippen LogP contribution in [0.15, 0.2) is 59.8 Å². The van der Waals surface area contributed by atoms with Crippen LogP contribution in [0.2, 0.25) is 0 Å². The lowest BCUT2D eigenvalue weighted by Crippen LogP contribution is -2.16. The second kappa shape index (κ2) is 7.16. The molecule has 4 rings (SSSR count). The number of nitrogens with two attached hydrogens (primary N) is 1. The molecule has 0 bridgehead atoms. The summed E-state index contributed by atoms with van der Waals surface area (Å²) in [5.41, 5.74) is 3.69. The maximum atomic E-state index is 12.1. The summed E-state index contributed by atoms with van der Waals surface area (Å²) in [5, 5.41) is 12.7. The van der Waals surface area contributed by atoms with Gasteiger partial charge in [0.25, 0.3) is 0 Å². The van der Waals surface area contributed by atoms with Gasteiger partial charge >= 0.3 is 0 Å². The van der Waals surface area contributed by atoms with Crippen molar-refractivity contribution in [2.75, 3.05) is 16.9 Å². The van der Waals surface area contributed by atoms with Gasteiger partial charge in [0.15, 0.2) is 5.82 Å². The number of carbonyl (C=O) groups is 1. The molecule has 0 aliphatic heterocycles. The molecule has 1 amide bonds. The van der Waals surface area contributed by atoms with Crippen LogP contribution in [0.4, 0.5) is 5.69 Å². The van der Waals surface area contributed by atoms with Gasteiger partial charge in [0.1, 0.15) is 0 Å². The number of hydrogen-bond donors (Lipinski definition) is 3. The van der Waals surface area contributed by atoms with Crippen LogP contribution in [0.1, 0.15) is 5.56 Å². The van der Waals surface area contributed by atoms with Crippen LogP contribution in [-0.4, -0.2) is 31.5 Å². The number of H-pyrrole nitrogens is 1. The molecular weight excluding hydrogens is 360 g/mol. The first-order valence-electron chi connectivity index (χ1n) is 8.38. The number of aromatic nitrogens is 4. The van der Waals surface area contributed by atoms with Gasteiger partial charge in [0, 0.05) is 16.6 Å². The summed E-state index contributed by atoms with van der Waals surface area (Å²) in [4.78, 5) is 15.4. The normalized spacial score (nSPS) is 11.0. The van der Waals surface area contributed by atoms with E-state index in [9.17, 15) is 4.79 Å².